The van der Waals surface area contributed by atoms with Crippen LogP contribution in [-0.2, 0) is 6.42 Å². The van der Waals surface area contributed by atoms with Crippen molar-refractivity contribution in [2.75, 3.05) is 13.2 Å². The molecule has 0 spiro atoms. The second-order valence-electron chi connectivity index (χ2n) is 4.76. The number of hydrogen-bond donors (Lipinski definition) is 2. The third kappa shape index (κ3) is 5.89. The summed E-state index contributed by atoms with van der Waals surface area (Å²) in [6, 6.07) is 4.35. The molecule has 0 amide bonds. The van der Waals surface area contributed by atoms with E-state index in [4.69, 9.17) is 9.52 Å². The van der Waals surface area contributed by atoms with Gasteiger partial charge in [-0.1, -0.05) is 13.3 Å². The third-order valence-corrected chi connectivity index (χ3v) is 3.08. The van der Waals surface area contributed by atoms with Crippen LogP contribution in [0.5, 0.6) is 0 Å². The fraction of sp³-hybridized carbons (Fsp3) is 0.714. The van der Waals surface area contributed by atoms with Crippen LogP contribution in [0.3, 0.4) is 0 Å². The molecule has 98 valence electrons. The van der Waals surface area contributed by atoms with Crippen molar-refractivity contribution < 1.29 is 9.52 Å². The summed E-state index contributed by atoms with van der Waals surface area (Å²) in [5.74, 6) is 1.61. The minimum atomic E-state index is 0.291. The summed E-state index contributed by atoms with van der Waals surface area (Å²) >= 11 is 0. The first-order valence-corrected chi connectivity index (χ1v) is 6.62. The van der Waals surface area contributed by atoms with Crippen molar-refractivity contribution in [3.63, 3.8) is 0 Å². The van der Waals surface area contributed by atoms with Crippen LogP contribution in [0.2, 0.25) is 0 Å². The summed E-state index contributed by atoms with van der Waals surface area (Å²) in [4.78, 5) is 0. The monoisotopic (exact) mass is 239 g/mol. The molecule has 0 aliphatic carbocycles. The second kappa shape index (κ2) is 8.31. The zero-order chi connectivity index (χ0) is 12.5. The van der Waals surface area contributed by atoms with Crippen molar-refractivity contribution in [2.24, 2.45) is 5.92 Å². The zero-order valence-corrected chi connectivity index (χ0v) is 11.0. The summed E-state index contributed by atoms with van der Waals surface area (Å²) < 4.78 is 5.33. The molecule has 3 nitrogen and oxygen atoms in total. The topological polar surface area (TPSA) is 45.4 Å². The van der Waals surface area contributed by atoms with Crippen molar-refractivity contribution in [1.29, 1.82) is 0 Å². The van der Waals surface area contributed by atoms with Gasteiger partial charge in [0.05, 0.1) is 6.26 Å². The van der Waals surface area contributed by atoms with Crippen molar-refractivity contribution in [1.82, 2.24) is 5.32 Å². The molecule has 0 aromatic carbocycles. The molecule has 3 heteroatoms. The van der Waals surface area contributed by atoms with Gasteiger partial charge in [-0.15, -0.1) is 0 Å². The van der Waals surface area contributed by atoms with E-state index in [1.165, 1.54) is 12.8 Å². The Kier molecular flexibility index (Phi) is 6.97. The van der Waals surface area contributed by atoms with Crippen LogP contribution in [0.25, 0.3) is 0 Å². The Labute approximate surface area is 104 Å². The molecule has 0 saturated heterocycles. The van der Waals surface area contributed by atoms with Crippen molar-refractivity contribution in [3.05, 3.63) is 24.2 Å². The van der Waals surface area contributed by atoms with Crippen LogP contribution >= 0.6 is 0 Å². The van der Waals surface area contributed by atoms with E-state index in [1.807, 2.05) is 12.1 Å². The van der Waals surface area contributed by atoms with Gasteiger partial charge in [0, 0.05) is 19.1 Å². The van der Waals surface area contributed by atoms with E-state index in [2.05, 4.69) is 19.2 Å². The number of aliphatic hydroxyl groups excluding tert-OH is 1. The Morgan fingerprint density at radius 1 is 1.41 bits per heavy atom. The molecule has 2 N–H and O–H groups in total. The van der Waals surface area contributed by atoms with Gasteiger partial charge in [-0.2, -0.15) is 0 Å². The Balaban J connectivity index is 2.23. The van der Waals surface area contributed by atoms with Crippen LogP contribution < -0.4 is 5.32 Å². The standard InChI is InChI=1S/C14H25NO2/c1-3-5-13(7-8-16)11-15-12(2)10-14-6-4-9-17-14/h4,6,9,12-13,15-16H,3,5,7-8,10-11H2,1-2H3. The molecular weight excluding hydrogens is 214 g/mol. The quantitative estimate of drug-likeness (QED) is 0.696. The number of hydrogen-bond acceptors (Lipinski definition) is 3. The van der Waals surface area contributed by atoms with Gasteiger partial charge in [0.2, 0.25) is 0 Å². The van der Waals surface area contributed by atoms with Gasteiger partial charge in [0.1, 0.15) is 5.76 Å². The molecule has 2 unspecified atom stereocenters. The molecule has 17 heavy (non-hydrogen) atoms. The average Bonchev–Trinajstić information content (AvgIpc) is 2.79. The number of nitrogens with one attached hydrogen (secondary N) is 1. The molecule has 0 radical (unpaired) electrons. The molecule has 2 atom stereocenters. The van der Waals surface area contributed by atoms with Crippen molar-refractivity contribution >= 4 is 0 Å². The van der Waals surface area contributed by atoms with Crippen LogP contribution in [0.15, 0.2) is 22.8 Å². The SMILES string of the molecule is CCCC(CCO)CNC(C)Cc1ccco1. The Morgan fingerprint density at radius 2 is 2.24 bits per heavy atom. The van der Waals surface area contributed by atoms with Gasteiger partial charge in [-0.05, 0) is 44.4 Å². The van der Waals surface area contributed by atoms with Gasteiger partial charge in [-0.3, -0.25) is 0 Å². The summed E-state index contributed by atoms with van der Waals surface area (Å²) in [5.41, 5.74) is 0. The normalized spacial score (nSPS) is 14.8. The largest absolute Gasteiger partial charge is 0.469 e. The third-order valence-electron chi connectivity index (χ3n) is 3.08. The lowest BCUT2D eigenvalue weighted by Crippen LogP contribution is -2.33. The average molecular weight is 239 g/mol. The number of aliphatic hydroxyl groups is 1. The molecular formula is C14H25NO2. The second-order valence-corrected chi connectivity index (χ2v) is 4.76. The lowest BCUT2D eigenvalue weighted by molar-refractivity contribution is 0.245. The predicted molar refractivity (Wildman–Crippen MR) is 70.0 cm³/mol. The molecule has 0 bridgehead atoms. The predicted octanol–water partition coefficient (Wildman–Crippen LogP) is 2.60. The lowest BCUT2D eigenvalue weighted by Gasteiger charge is -2.19. The van der Waals surface area contributed by atoms with E-state index in [9.17, 15) is 0 Å². The summed E-state index contributed by atoms with van der Waals surface area (Å²) in [7, 11) is 0. The Morgan fingerprint density at radius 3 is 2.82 bits per heavy atom. The molecule has 0 saturated carbocycles. The maximum Gasteiger partial charge on any atom is 0.105 e. The molecule has 0 aliphatic heterocycles. The van der Waals surface area contributed by atoms with Crippen LogP contribution in [0.4, 0.5) is 0 Å². The molecule has 0 fully saturated rings. The highest BCUT2D eigenvalue weighted by Gasteiger charge is 2.10. The highest BCUT2D eigenvalue weighted by Crippen LogP contribution is 2.10. The first-order valence-electron chi connectivity index (χ1n) is 6.62. The van der Waals surface area contributed by atoms with Gasteiger partial charge >= 0.3 is 0 Å². The van der Waals surface area contributed by atoms with Crippen LogP contribution in [0.1, 0.15) is 38.9 Å². The van der Waals surface area contributed by atoms with E-state index in [1.54, 1.807) is 6.26 Å². The first kappa shape index (κ1) is 14.3. The minimum absolute atomic E-state index is 0.291. The Hall–Kier alpha value is -0.800. The van der Waals surface area contributed by atoms with Crippen molar-refractivity contribution in [3.8, 4) is 0 Å². The number of rotatable bonds is 9. The highest BCUT2D eigenvalue weighted by atomic mass is 16.3. The fourth-order valence-electron chi connectivity index (χ4n) is 2.11. The molecule has 1 aromatic heterocycles. The summed E-state index contributed by atoms with van der Waals surface area (Å²) in [5, 5.41) is 12.5. The van der Waals surface area contributed by atoms with Crippen molar-refractivity contribution in [2.45, 2.75) is 45.6 Å². The summed E-state index contributed by atoms with van der Waals surface area (Å²) in [6.07, 6.45) is 5.90. The van der Waals surface area contributed by atoms with Gasteiger partial charge < -0.3 is 14.8 Å². The van der Waals surface area contributed by atoms with E-state index in [0.717, 1.165) is 25.1 Å². The van der Waals surface area contributed by atoms with Crippen LogP contribution in [-0.4, -0.2) is 24.3 Å². The molecule has 1 aromatic rings. The lowest BCUT2D eigenvalue weighted by atomic mass is 9.99. The fourth-order valence-corrected chi connectivity index (χ4v) is 2.11. The van der Waals surface area contributed by atoms with E-state index < -0.39 is 0 Å². The zero-order valence-electron chi connectivity index (χ0n) is 11.0. The molecule has 0 aliphatic rings. The molecule has 1 heterocycles. The minimum Gasteiger partial charge on any atom is -0.469 e. The molecule has 1 rings (SSSR count). The van der Waals surface area contributed by atoms with E-state index in [0.29, 0.717) is 18.6 Å². The number of furan rings is 1. The first-order chi connectivity index (χ1) is 8.26. The van der Waals surface area contributed by atoms with E-state index >= 15 is 0 Å². The van der Waals surface area contributed by atoms with Gasteiger partial charge in [0.15, 0.2) is 0 Å². The van der Waals surface area contributed by atoms with Crippen LogP contribution in [0, 0.1) is 5.92 Å². The Bertz CT molecular complexity index is 266. The maximum atomic E-state index is 8.99. The maximum absolute atomic E-state index is 8.99. The van der Waals surface area contributed by atoms with E-state index in [-0.39, 0.29) is 0 Å². The highest BCUT2D eigenvalue weighted by molar-refractivity contribution is 4.99. The van der Waals surface area contributed by atoms with Gasteiger partial charge in [0.25, 0.3) is 0 Å². The smallest absolute Gasteiger partial charge is 0.105 e. The van der Waals surface area contributed by atoms with Gasteiger partial charge in [-0.25, -0.2) is 0 Å². The summed E-state index contributed by atoms with van der Waals surface area (Å²) in [6.45, 7) is 5.64.